The van der Waals surface area contributed by atoms with E-state index in [1.165, 1.54) is 34.3 Å². The fourth-order valence-electron chi connectivity index (χ4n) is 5.38. The summed E-state index contributed by atoms with van der Waals surface area (Å²) in [7, 11) is 0. The van der Waals surface area contributed by atoms with Crippen molar-refractivity contribution in [1.29, 1.82) is 0 Å². The highest BCUT2D eigenvalue weighted by molar-refractivity contribution is 5.83. The topological polar surface area (TPSA) is 70.4 Å². The van der Waals surface area contributed by atoms with Crippen LogP contribution < -0.4 is 0 Å². The number of hydrogen-bond donors (Lipinski definition) is 2. The maximum absolute atomic E-state index is 10.6. The second-order valence-electron chi connectivity index (χ2n) is 11.0. The Kier molecular flexibility index (Phi) is 8.16. The minimum atomic E-state index is -5.08. The molecule has 2 aromatic carbocycles. The van der Waals surface area contributed by atoms with Gasteiger partial charge in [0, 0.05) is 12.4 Å². The predicted molar refractivity (Wildman–Crippen MR) is 139 cm³/mol. The number of aromatic hydroxyl groups is 1. The number of allylic oxidation sites excluding steroid dienone is 1. The van der Waals surface area contributed by atoms with Gasteiger partial charge in [-0.1, -0.05) is 75.7 Å². The van der Waals surface area contributed by atoms with Gasteiger partial charge in [0.1, 0.15) is 5.75 Å². The Hall–Kier alpha value is -3.61. The lowest BCUT2D eigenvalue weighted by atomic mass is 9.62. The molecule has 4 rings (SSSR count). The van der Waals surface area contributed by atoms with Gasteiger partial charge < -0.3 is 10.2 Å². The second-order valence-corrected chi connectivity index (χ2v) is 11.0. The van der Waals surface area contributed by atoms with Gasteiger partial charge in [-0.3, -0.25) is 4.98 Å². The molecule has 0 spiro atoms. The third-order valence-corrected chi connectivity index (χ3v) is 6.26. The van der Waals surface area contributed by atoms with Gasteiger partial charge in [0.15, 0.2) is 0 Å². The molecular weight excluding hydrogens is 479 g/mol. The van der Waals surface area contributed by atoms with Crippen LogP contribution >= 0.6 is 0 Å². The largest absolute Gasteiger partial charge is 0.508 e. The van der Waals surface area contributed by atoms with Gasteiger partial charge in [-0.05, 0) is 76.1 Å². The summed E-state index contributed by atoms with van der Waals surface area (Å²) in [4.78, 5) is 13.1. The SMILES string of the molecule is CC1(C)CC(=C(c2ccc(O)cc2)c2ccc(-c3cccnc3)cc2)CC(C)(C)C1.O=C(O)C(F)(F)F. The van der Waals surface area contributed by atoms with Crippen molar-refractivity contribution in [2.24, 2.45) is 10.8 Å². The average Bonchev–Trinajstić information content (AvgIpc) is 2.79. The van der Waals surface area contributed by atoms with E-state index in [9.17, 15) is 18.3 Å². The summed E-state index contributed by atoms with van der Waals surface area (Å²) in [5.41, 5.74) is 8.07. The van der Waals surface area contributed by atoms with Crippen LogP contribution in [0.3, 0.4) is 0 Å². The molecule has 1 heterocycles. The Morgan fingerprint density at radius 1 is 0.838 bits per heavy atom. The first-order valence-electron chi connectivity index (χ1n) is 12.0. The molecule has 7 heteroatoms. The first kappa shape index (κ1) is 28.0. The number of aliphatic carboxylic acids is 1. The number of hydrogen-bond acceptors (Lipinski definition) is 3. The normalized spacial score (nSPS) is 16.4. The molecule has 0 radical (unpaired) electrons. The fourth-order valence-corrected chi connectivity index (χ4v) is 5.38. The van der Waals surface area contributed by atoms with E-state index < -0.39 is 12.1 Å². The van der Waals surface area contributed by atoms with Crippen LogP contribution in [-0.2, 0) is 4.79 Å². The van der Waals surface area contributed by atoms with Crippen LogP contribution in [0.25, 0.3) is 16.7 Å². The van der Waals surface area contributed by atoms with Gasteiger partial charge in [0.2, 0.25) is 0 Å². The molecule has 0 aliphatic heterocycles. The van der Waals surface area contributed by atoms with Crippen LogP contribution in [0.2, 0.25) is 0 Å². The summed E-state index contributed by atoms with van der Waals surface area (Å²) in [6.45, 7) is 9.53. The van der Waals surface area contributed by atoms with Crippen LogP contribution in [0.1, 0.15) is 58.1 Å². The van der Waals surface area contributed by atoms with Crippen LogP contribution in [-0.4, -0.2) is 27.3 Å². The van der Waals surface area contributed by atoms with Gasteiger partial charge in [0.05, 0.1) is 0 Å². The zero-order valence-electron chi connectivity index (χ0n) is 21.4. The number of nitrogens with zero attached hydrogens (tertiary/aromatic N) is 1. The molecule has 3 aromatic rings. The van der Waals surface area contributed by atoms with E-state index in [0.29, 0.717) is 5.75 Å². The monoisotopic (exact) mass is 511 g/mol. The lowest BCUT2D eigenvalue weighted by molar-refractivity contribution is -0.192. The van der Waals surface area contributed by atoms with E-state index in [2.05, 4.69) is 63.0 Å². The van der Waals surface area contributed by atoms with Gasteiger partial charge in [-0.25, -0.2) is 4.79 Å². The quantitative estimate of drug-likeness (QED) is 0.372. The van der Waals surface area contributed by atoms with E-state index in [-0.39, 0.29) is 10.8 Å². The number of phenols is 1. The molecule has 1 aromatic heterocycles. The summed E-state index contributed by atoms with van der Waals surface area (Å²) < 4.78 is 31.7. The molecule has 2 N–H and O–H groups in total. The fraction of sp³-hybridized carbons (Fsp3) is 0.333. The molecular formula is C30H32F3NO3. The Morgan fingerprint density at radius 3 is 1.76 bits per heavy atom. The summed E-state index contributed by atoms with van der Waals surface area (Å²) in [5.74, 6) is -2.45. The van der Waals surface area contributed by atoms with Crippen molar-refractivity contribution in [3.8, 4) is 16.9 Å². The van der Waals surface area contributed by atoms with Gasteiger partial charge in [-0.2, -0.15) is 13.2 Å². The number of rotatable bonds is 3. The maximum Gasteiger partial charge on any atom is 0.490 e. The smallest absolute Gasteiger partial charge is 0.490 e. The Labute approximate surface area is 215 Å². The van der Waals surface area contributed by atoms with E-state index in [4.69, 9.17) is 9.90 Å². The average molecular weight is 512 g/mol. The van der Waals surface area contributed by atoms with Crippen molar-refractivity contribution in [1.82, 2.24) is 4.98 Å². The number of carbonyl (C=O) groups is 1. The van der Waals surface area contributed by atoms with Crippen LogP contribution in [0.4, 0.5) is 13.2 Å². The third-order valence-electron chi connectivity index (χ3n) is 6.26. The molecule has 0 amide bonds. The third kappa shape index (κ3) is 7.68. The number of benzene rings is 2. The zero-order valence-corrected chi connectivity index (χ0v) is 21.4. The van der Waals surface area contributed by atoms with E-state index in [1.807, 2.05) is 24.4 Å². The Morgan fingerprint density at radius 2 is 1.32 bits per heavy atom. The molecule has 4 nitrogen and oxygen atoms in total. The second kappa shape index (κ2) is 10.8. The zero-order chi connectivity index (χ0) is 27.4. The molecule has 1 aliphatic rings. The lowest BCUT2D eigenvalue weighted by Crippen LogP contribution is -2.30. The number of carboxylic acid groups (broad SMARTS) is 1. The summed E-state index contributed by atoms with van der Waals surface area (Å²) in [6.07, 6.45) is 2.04. The van der Waals surface area contributed by atoms with Gasteiger partial charge in [0.25, 0.3) is 0 Å². The number of phenolic OH excluding ortho intramolecular Hbond substituents is 1. The first-order valence-corrected chi connectivity index (χ1v) is 12.0. The number of alkyl halides is 3. The van der Waals surface area contributed by atoms with Crippen molar-refractivity contribution < 1.29 is 28.2 Å². The van der Waals surface area contributed by atoms with Crippen LogP contribution in [0, 0.1) is 10.8 Å². The summed E-state index contributed by atoms with van der Waals surface area (Å²) in [5, 5.41) is 17.0. The van der Waals surface area contributed by atoms with Crippen molar-refractivity contribution in [2.75, 3.05) is 0 Å². The van der Waals surface area contributed by atoms with E-state index >= 15 is 0 Å². The molecule has 1 saturated carbocycles. The van der Waals surface area contributed by atoms with E-state index in [0.717, 1.165) is 18.4 Å². The van der Waals surface area contributed by atoms with Crippen molar-refractivity contribution in [3.05, 3.63) is 89.8 Å². The maximum atomic E-state index is 10.6. The molecule has 0 bridgehead atoms. The van der Waals surface area contributed by atoms with Crippen LogP contribution in [0.5, 0.6) is 5.75 Å². The van der Waals surface area contributed by atoms with Gasteiger partial charge in [-0.15, -0.1) is 0 Å². The van der Waals surface area contributed by atoms with Crippen molar-refractivity contribution in [3.63, 3.8) is 0 Å². The molecule has 196 valence electrons. The highest BCUT2D eigenvalue weighted by Gasteiger charge is 2.38. The molecule has 1 aliphatic carbocycles. The number of carboxylic acids is 1. The minimum Gasteiger partial charge on any atom is -0.508 e. The minimum absolute atomic E-state index is 0.273. The molecule has 0 atom stereocenters. The number of halogens is 3. The molecule has 37 heavy (non-hydrogen) atoms. The standard InChI is InChI=1S/C28H31NO.C2HF3O2/c1-27(2)16-24(17-28(3,4)19-27)26(22-11-13-25(30)14-12-22)21-9-7-20(8-10-21)23-6-5-15-29-18-23;3-2(4,5)1(6)7/h5-15,18,30H,16-17,19H2,1-4H3;(H,6,7). The molecule has 0 saturated heterocycles. The first-order chi connectivity index (χ1) is 17.2. The lowest BCUT2D eigenvalue weighted by Gasteiger charge is -2.43. The number of pyridine rings is 1. The van der Waals surface area contributed by atoms with Gasteiger partial charge >= 0.3 is 12.1 Å². The summed E-state index contributed by atoms with van der Waals surface area (Å²) >= 11 is 0. The molecule has 1 fully saturated rings. The Balaban J connectivity index is 0.000000479. The van der Waals surface area contributed by atoms with E-state index in [1.54, 1.807) is 18.3 Å². The summed E-state index contributed by atoms with van der Waals surface area (Å²) in [6, 6.07) is 20.6. The van der Waals surface area contributed by atoms with Crippen molar-refractivity contribution in [2.45, 2.75) is 53.1 Å². The highest BCUT2D eigenvalue weighted by atomic mass is 19.4. The Bertz CT molecular complexity index is 1230. The van der Waals surface area contributed by atoms with Crippen molar-refractivity contribution >= 4 is 11.5 Å². The highest BCUT2D eigenvalue weighted by Crippen LogP contribution is 2.51. The number of aromatic nitrogens is 1. The molecule has 0 unspecified atom stereocenters. The predicted octanol–water partition coefficient (Wildman–Crippen LogP) is 8.13. The van der Waals surface area contributed by atoms with Crippen LogP contribution in [0.15, 0.2) is 78.6 Å².